The summed E-state index contributed by atoms with van der Waals surface area (Å²) in [5.41, 5.74) is 0. The van der Waals surface area contributed by atoms with Gasteiger partial charge in [0.1, 0.15) is 0 Å². The van der Waals surface area contributed by atoms with Crippen molar-refractivity contribution >= 4 is 22.1 Å². The Kier molecular flexibility index (Phi) is 8.21. The molecule has 7 nitrogen and oxygen atoms in total. The Morgan fingerprint density at radius 2 is 1.80 bits per heavy atom. The van der Waals surface area contributed by atoms with Gasteiger partial charge in [-0.15, -0.1) is 0 Å². The highest BCUT2D eigenvalue weighted by Gasteiger charge is 2.24. The van der Waals surface area contributed by atoms with E-state index in [4.69, 9.17) is 0 Å². The van der Waals surface area contributed by atoms with E-state index in [-0.39, 0.29) is 12.6 Å². The molecule has 2 N–H and O–H groups in total. The summed E-state index contributed by atoms with van der Waals surface area (Å²) in [5, 5.41) is 4.58. The summed E-state index contributed by atoms with van der Waals surface area (Å²) in [7, 11) is -3.68. The van der Waals surface area contributed by atoms with E-state index in [2.05, 4.69) is 5.32 Å². The summed E-state index contributed by atoms with van der Waals surface area (Å²) in [5.74, 6) is 0. The molecule has 0 aromatic heterocycles. The van der Waals surface area contributed by atoms with E-state index in [0.29, 0.717) is 17.1 Å². The van der Waals surface area contributed by atoms with Crippen LogP contribution in [0.3, 0.4) is 0 Å². The zero-order valence-corrected chi connectivity index (χ0v) is 13.4. The number of carbonyl (C=O) groups is 2. The van der Waals surface area contributed by atoms with Gasteiger partial charge in [0.2, 0.25) is 10.0 Å². The molecule has 0 radical (unpaired) electrons. The number of carbonyl (C=O) groups excluding carboxylic acids is 2. The Bertz CT molecular complexity index is 422. The average molecular weight is 307 g/mol. The van der Waals surface area contributed by atoms with E-state index in [1.165, 1.54) is 0 Å². The van der Waals surface area contributed by atoms with Gasteiger partial charge < -0.3 is 5.32 Å². The van der Waals surface area contributed by atoms with E-state index in [0.717, 1.165) is 19.1 Å². The lowest BCUT2D eigenvalue weighted by atomic mass is 10.2. The number of nitrogens with one attached hydrogen (secondary N) is 2. The third kappa shape index (κ3) is 7.32. The predicted octanol–water partition coefficient (Wildman–Crippen LogP) is 1.66. The van der Waals surface area contributed by atoms with Crippen molar-refractivity contribution in [1.82, 2.24) is 14.9 Å². The molecule has 0 aliphatic heterocycles. The van der Waals surface area contributed by atoms with Gasteiger partial charge in [0.15, 0.2) is 0 Å². The first-order chi connectivity index (χ1) is 9.22. The van der Waals surface area contributed by atoms with Crippen LogP contribution < -0.4 is 10.6 Å². The predicted molar refractivity (Wildman–Crippen MR) is 77.9 cm³/mol. The van der Waals surface area contributed by atoms with Gasteiger partial charge in [0, 0.05) is 12.6 Å². The van der Waals surface area contributed by atoms with Crippen LogP contribution in [-0.4, -0.2) is 43.6 Å². The third-order valence-corrected chi connectivity index (χ3v) is 3.95. The fourth-order valence-electron chi connectivity index (χ4n) is 1.44. The molecule has 0 spiro atoms. The molecule has 0 heterocycles. The number of hydrogen-bond donors (Lipinski definition) is 2. The molecule has 4 amide bonds. The number of sulfonamides is 1. The SMILES string of the molecule is CCCCCN(C(=O)NC(=O)N[C@@H](C)CC)S(C)(=O)=O. The molecule has 0 bridgehead atoms. The minimum atomic E-state index is -3.68. The number of urea groups is 2. The Balaban J connectivity index is 4.60. The molecule has 0 saturated carbocycles. The fraction of sp³-hybridized carbons (Fsp3) is 0.833. The highest BCUT2D eigenvalue weighted by atomic mass is 32.2. The van der Waals surface area contributed by atoms with Crippen molar-refractivity contribution < 1.29 is 18.0 Å². The molecule has 1 atom stereocenters. The second kappa shape index (κ2) is 8.78. The van der Waals surface area contributed by atoms with Crippen molar-refractivity contribution in [2.45, 2.75) is 52.5 Å². The summed E-state index contributed by atoms with van der Waals surface area (Å²) in [4.78, 5) is 23.4. The van der Waals surface area contributed by atoms with Crippen molar-refractivity contribution in [2.24, 2.45) is 0 Å². The van der Waals surface area contributed by atoms with Crippen molar-refractivity contribution in [3.63, 3.8) is 0 Å². The lowest BCUT2D eigenvalue weighted by Gasteiger charge is -2.21. The molecule has 0 aromatic carbocycles. The van der Waals surface area contributed by atoms with Crippen LogP contribution in [-0.2, 0) is 10.0 Å². The highest BCUT2D eigenvalue weighted by Crippen LogP contribution is 2.04. The number of amides is 4. The first-order valence-electron chi connectivity index (χ1n) is 6.81. The zero-order valence-electron chi connectivity index (χ0n) is 12.6. The molecule has 0 rings (SSSR count). The number of hydrogen-bond acceptors (Lipinski definition) is 4. The summed E-state index contributed by atoms with van der Waals surface area (Å²) in [6.45, 7) is 5.74. The van der Waals surface area contributed by atoms with E-state index < -0.39 is 22.1 Å². The summed E-state index contributed by atoms with van der Waals surface area (Å²) >= 11 is 0. The van der Waals surface area contributed by atoms with Crippen LogP contribution in [0.5, 0.6) is 0 Å². The van der Waals surface area contributed by atoms with Crippen molar-refractivity contribution in [2.75, 3.05) is 12.8 Å². The standard InChI is InChI=1S/C12H25N3O4S/c1-5-7-8-9-15(20(4,18)19)12(17)14-11(16)13-10(3)6-2/h10H,5-9H2,1-4H3,(H2,13,14,16,17)/t10-/m0/s1. The number of nitrogens with zero attached hydrogens (tertiary/aromatic N) is 1. The van der Waals surface area contributed by atoms with Crippen LogP contribution in [0.2, 0.25) is 0 Å². The number of rotatable bonds is 7. The fourth-order valence-corrected chi connectivity index (χ4v) is 2.25. The molecule has 0 fully saturated rings. The third-order valence-electron chi connectivity index (χ3n) is 2.80. The van der Waals surface area contributed by atoms with E-state index in [1.54, 1.807) is 6.92 Å². The molecule has 20 heavy (non-hydrogen) atoms. The van der Waals surface area contributed by atoms with E-state index in [1.807, 2.05) is 19.2 Å². The van der Waals surface area contributed by atoms with Gasteiger partial charge in [-0.25, -0.2) is 22.3 Å². The highest BCUT2D eigenvalue weighted by molar-refractivity contribution is 7.88. The second-order valence-corrected chi connectivity index (χ2v) is 6.66. The second-order valence-electron chi connectivity index (χ2n) is 4.76. The molecule has 0 aliphatic carbocycles. The van der Waals surface area contributed by atoms with E-state index >= 15 is 0 Å². The van der Waals surface area contributed by atoms with E-state index in [9.17, 15) is 18.0 Å². The van der Waals surface area contributed by atoms with Crippen LogP contribution in [0.25, 0.3) is 0 Å². The maximum absolute atomic E-state index is 11.8. The molecular formula is C12H25N3O4S. The van der Waals surface area contributed by atoms with Gasteiger partial charge in [-0.2, -0.15) is 0 Å². The topological polar surface area (TPSA) is 95.6 Å². The normalized spacial score (nSPS) is 12.6. The van der Waals surface area contributed by atoms with Gasteiger partial charge >= 0.3 is 12.1 Å². The Morgan fingerprint density at radius 3 is 2.25 bits per heavy atom. The van der Waals surface area contributed by atoms with Gasteiger partial charge in [-0.3, -0.25) is 5.32 Å². The number of unbranched alkanes of at least 4 members (excludes halogenated alkanes) is 2. The van der Waals surface area contributed by atoms with Crippen LogP contribution in [0, 0.1) is 0 Å². The first kappa shape index (κ1) is 18.7. The molecular weight excluding hydrogens is 282 g/mol. The molecule has 0 saturated heterocycles. The summed E-state index contributed by atoms with van der Waals surface area (Å²) in [6.07, 6.45) is 3.97. The molecule has 0 aromatic rings. The maximum atomic E-state index is 11.8. The van der Waals surface area contributed by atoms with Crippen molar-refractivity contribution in [3.8, 4) is 0 Å². The first-order valence-corrected chi connectivity index (χ1v) is 8.66. The summed E-state index contributed by atoms with van der Waals surface area (Å²) in [6, 6.07) is -1.69. The monoisotopic (exact) mass is 307 g/mol. The Labute approximate surface area is 121 Å². The van der Waals surface area contributed by atoms with Crippen LogP contribution in [0.1, 0.15) is 46.5 Å². The lowest BCUT2D eigenvalue weighted by Crippen LogP contribution is -2.50. The molecule has 118 valence electrons. The maximum Gasteiger partial charge on any atom is 0.339 e. The summed E-state index contributed by atoms with van der Waals surface area (Å²) < 4.78 is 23.8. The van der Waals surface area contributed by atoms with Gasteiger partial charge in [0.25, 0.3) is 0 Å². The molecule has 8 heteroatoms. The zero-order chi connectivity index (χ0) is 15.8. The smallest absolute Gasteiger partial charge is 0.335 e. The molecule has 0 aliphatic rings. The largest absolute Gasteiger partial charge is 0.339 e. The Hall–Kier alpha value is -1.31. The van der Waals surface area contributed by atoms with Gasteiger partial charge in [-0.1, -0.05) is 26.7 Å². The minimum Gasteiger partial charge on any atom is -0.335 e. The number of imide groups is 1. The Morgan fingerprint density at radius 1 is 1.20 bits per heavy atom. The van der Waals surface area contributed by atoms with Crippen LogP contribution in [0.4, 0.5) is 9.59 Å². The van der Waals surface area contributed by atoms with Crippen LogP contribution in [0.15, 0.2) is 0 Å². The van der Waals surface area contributed by atoms with Crippen molar-refractivity contribution in [3.05, 3.63) is 0 Å². The van der Waals surface area contributed by atoms with Gasteiger partial charge in [0.05, 0.1) is 6.26 Å². The molecule has 0 unspecified atom stereocenters. The lowest BCUT2D eigenvalue weighted by molar-refractivity contribution is 0.214. The van der Waals surface area contributed by atoms with Crippen LogP contribution >= 0.6 is 0 Å². The van der Waals surface area contributed by atoms with Gasteiger partial charge in [-0.05, 0) is 19.8 Å². The average Bonchev–Trinajstić information content (AvgIpc) is 2.32. The van der Waals surface area contributed by atoms with Crippen molar-refractivity contribution in [1.29, 1.82) is 0 Å². The quantitative estimate of drug-likeness (QED) is 0.699. The minimum absolute atomic E-state index is 0.0785.